The second-order valence-electron chi connectivity index (χ2n) is 10.1. The van der Waals surface area contributed by atoms with E-state index in [2.05, 4.69) is 17.2 Å². The number of rotatable bonds is 6. The van der Waals surface area contributed by atoms with Gasteiger partial charge in [0.15, 0.2) is 6.61 Å². The number of hydrogen-bond donors (Lipinski definition) is 2. The first-order valence-corrected chi connectivity index (χ1v) is 11.4. The molecule has 164 valence electrons. The van der Waals surface area contributed by atoms with Crippen molar-refractivity contribution in [3.63, 3.8) is 0 Å². The predicted molar refractivity (Wildman–Crippen MR) is 117 cm³/mol. The molecular weight excluding hydrogens is 392 g/mol. The molecule has 1 heterocycles. The van der Waals surface area contributed by atoms with Crippen molar-refractivity contribution in [1.29, 1.82) is 0 Å². The van der Waals surface area contributed by atoms with Crippen molar-refractivity contribution in [3.05, 3.63) is 35.5 Å². The van der Waals surface area contributed by atoms with Crippen LogP contribution in [0.25, 0.3) is 10.9 Å². The molecule has 0 saturated heterocycles. The molecule has 1 aromatic carbocycles. The molecular formula is C25H30N2O4. The van der Waals surface area contributed by atoms with Gasteiger partial charge in [0.2, 0.25) is 11.7 Å². The number of aromatic amines is 1. The van der Waals surface area contributed by atoms with Crippen LogP contribution in [0.4, 0.5) is 0 Å². The molecule has 0 aliphatic heterocycles. The number of aryl methyl sites for hydroxylation is 1. The number of esters is 1. The van der Waals surface area contributed by atoms with Gasteiger partial charge in [-0.15, -0.1) is 0 Å². The number of ketones is 1. The number of para-hydroxylation sites is 1. The Bertz CT molecular complexity index is 1050. The van der Waals surface area contributed by atoms with E-state index in [4.69, 9.17) is 4.74 Å². The quantitative estimate of drug-likeness (QED) is 0.545. The van der Waals surface area contributed by atoms with Crippen molar-refractivity contribution < 1.29 is 19.1 Å². The second kappa shape index (κ2) is 7.21. The molecule has 6 rings (SSSR count). The minimum absolute atomic E-state index is 0.0357. The predicted octanol–water partition coefficient (Wildman–Crippen LogP) is 3.93. The summed E-state index contributed by atoms with van der Waals surface area (Å²) in [4.78, 5) is 41.2. The highest BCUT2D eigenvalue weighted by atomic mass is 16.5. The summed E-state index contributed by atoms with van der Waals surface area (Å²) in [6.45, 7) is 3.39. The third-order valence-electron chi connectivity index (χ3n) is 7.75. The van der Waals surface area contributed by atoms with Crippen LogP contribution < -0.4 is 5.32 Å². The molecule has 4 aliphatic carbocycles. The number of carbonyl (C=O) groups is 3. The molecule has 2 aromatic rings. The van der Waals surface area contributed by atoms with Crippen molar-refractivity contribution in [2.45, 2.75) is 64.3 Å². The Labute approximate surface area is 182 Å². The van der Waals surface area contributed by atoms with E-state index < -0.39 is 5.41 Å². The number of ether oxygens (including phenoxy) is 1. The van der Waals surface area contributed by atoms with Gasteiger partial charge in [0.25, 0.3) is 0 Å². The number of hydrogen-bond acceptors (Lipinski definition) is 4. The van der Waals surface area contributed by atoms with Gasteiger partial charge in [0.1, 0.15) is 0 Å². The number of amides is 1. The van der Waals surface area contributed by atoms with Crippen LogP contribution >= 0.6 is 0 Å². The topological polar surface area (TPSA) is 88.3 Å². The molecule has 4 saturated carbocycles. The largest absolute Gasteiger partial charge is 0.457 e. The molecule has 4 atom stereocenters. The van der Waals surface area contributed by atoms with E-state index in [9.17, 15) is 14.4 Å². The van der Waals surface area contributed by atoms with Gasteiger partial charge in [-0.3, -0.25) is 14.4 Å². The number of aromatic nitrogens is 1. The highest BCUT2D eigenvalue weighted by Crippen LogP contribution is 2.62. The number of benzene rings is 1. The third-order valence-corrected chi connectivity index (χ3v) is 7.75. The minimum atomic E-state index is -0.567. The summed E-state index contributed by atoms with van der Waals surface area (Å²) >= 11 is 0. The van der Waals surface area contributed by atoms with E-state index in [1.807, 2.05) is 18.2 Å². The van der Waals surface area contributed by atoms with E-state index in [0.717, 1.165) is 55.0 Å². The zero-order valence-corrected chi connectivity index (χ0v) is 18.3. The molecule has 1 amide bonds. The van der Waals surface area contributed by atoms with Gasteiger partial charge in [0.05, 0.1) is 5.41 Å². The summed E-state index contributed by atoms with van der Waals surface area (Å²) in [7, 11) is 0. The summed E-state index contributed by atoms with van der Waals surface area (Å²) in [5.41, 5.74) is 1.84. The SMILES string of the molecule is CCc1cccc2c(C(=O)COC(=O)C34C[C@@H]5C[C@@H](CC(NC(C)=O)(C5)C3)C4)c[nH]c12. The fourth-order valence-electron chi connectivity index (χ4n) is 7.13. The van der Waals surface area contributed by atoms with Crippen molar-refractivity contribution in [3.8, 4) is 0 Å². The van der Waals surface area contributed by atoms with Crippen LogP contribution in [0.2, 0.25) is 0 Å². The maximum atomic E-state index is 13.3. The number of fused-ring (bicyclic) bond motifs is 1. The van der Waals surface area contributed by atoms with E-state index in [1.54, 1.807) is 13.1 Å². The van der Waals surface area contributed by atoms with Crippen LogP contribution in [0.15, 0.2) is 24.4 Å². The van der Waals surface area contributed by atoms with Crippen LogP contribution in [-0.4, -0.2) is 34.8 Å². The van der Waals surface area contributed by atoms with E-state index in [1.165, 1.54) is 0 Å². The maximum Gasteiger partial charge on any atom is 0.312 e. The lowest BCUT2D eigenvalue weighted by Crippen LogP contribution is -2.64. The van der Waals surface area contributed by atoms with Crippen molar-refractivity contribution >= 4 is 28.6 Å². The van der Waals surface area contributed by atoms with Crippen LogP contribution in [0, 0.1) is 17.3 Å². The first-order chi connectivity index (χ1) is 14.8. The Morgan fingerprint density at radius 1 is 1.16 bits per heavy atom. The first kappa shape index (κ1) is 20.3. The van der Waals surface area contributed by atoms with E-state index >= 15 is 0 Å². The lowest BCUT2D eigenvalue weighted by Gasteiger charge is -2.60. The summed E-state index contributed by atoms with van der Waals surface area (Å²) in [6.07, 6.45) is 7.88. The van der Waals surface area contributed by atoms with Crippen LogP contribution in [0.3, 0.4) is 0 Å². The lowest BCUT2D eigenvalue weighted by molar-refractivity contribution is -0.174. The van der Waals surface area contributed by atoms with Crippen molar-refractivity contribution in [2.75, 3.05) is 6.61 Å². The first-order valence-electron chi connectivity index (χ1n) is 11.4. The molecule has 6 heteroatoms. The van der Waals surface area contributed by atoms with Gasteiger partial charge in [-0.25, -0.2) is 0 Å². The molecule has 1 aromatic heterocycles. The van der Waals surface area contributed by atoms with E-state index in [0.29, 0.717) is 23.8 Å². The fraction of sp³-hybridized carbons (Fsp3) is 0.560. The zero-order valence-electron chi connectivity index (χ0n) is 18.3. The molecule has 4 bridgehead atoms. The maximum absolute atomic E-state index is 13.3. The van der Waals surface area contributed by atoms with Gasteiger partial charge < -0.3 is 15.0 Å². The van der Waals surface area contributed by atoms with Gasteiger partial charge >= 0.3 is 5.97 Å². The highest BCUT2D eigenvalue weighted by molar-refractivity contribution is 6.09. The fourth-order valence-corrected chi connectivity index (χ4v) is 7.13. The Balaban J connectivity index is 1.32. The van der Waals surface area contributed by atoms with Crippen LogP contribution in [-0.2, 0) is 20.7 Å². The van der Waals surface area contributed by atoms with Gasteiger partial charge in [0, 0.05) is 35.1 Å². The van der Waals surface area contributed by atoms with Gasteiger partial charge in [-0.05, 0) is 62.3 Å². The number of nitrogens with one attached hydrogen (secondary N) is 2. The smallest absolute Gasteiger partial charge is 0.312 e. The van der Waals surface area contributed by atoms with Crippen molar-refractivity contribution in [1.82, 2.24) is 10.3 Å². The number of carbonyl (C=O) groups excluding carboxylic acids is 3. The molecule has 0 spiro atoms. The zero-order chi connectivity index (χ0) is 21.8. The van der Waals surface area contributed by atoms with Crippen LogP contribution in [0.1, 0.15) is 68.3 Å². The number of H-pyrrole nitrogens is 1. The third kappa shape index (κ3) is 3.36. The summed E-state index contributed by atoms with van der Waals surface area (Å²) in [6, 6.07) is 5.93. The summed E-state index contributed by atoms with van der Waals surface area (Å²) in [5, 5.41) is 4.04. The van der Waals surface area contributed by atoms with Crippen molar-refractivity contribution in [2.24, 2.45) is 17.3 Å². The average Bonchev–Trinajstić information content (AvgIpc) is 3.14. The van der Waals surface area contributed by atoms with Crippen LogP contribution in [0.5, 0.6) is 0 Å². The Morgan fingerprint density at radius 2 is 1.90 bits per heavy atom. The van der Waals surface area contributed by atoms with E-state index in [-0.39, 0.29) is 29.8 Å². The molecule has 4 fully saturated rings. The molecule has 31 heavy (non-hydrogen) atoms. The van der Waals surface area contributed by atoms with Gasteiger partial charge in [-0.1, -0.05) is 25.1 Å². The monoisotopic (exact) mass is 422 g/mol. The number of Topliss-reactive ketones (excluding diaryl/α,β-unsaturated/α-hetero) is 1. The average molecular weight is 423 g/mol. The molecule has 0 radical (unpaired) electrons. The second-order valence-corrected chi connectivity index (χ2v) is 10.1. The Morgan fingerprint density at radius 3 is 2.58 bits per heavy atom. The standard InChI is InChI=1S/C25H30N2O4/c1-3-18-5-4-6-19-20(12-26-22(18)19)21(29)13-31-23(30)24-8-16-7-17(9-24)11-25(10-16,14-24)27-15(2)28/h4-6,12,16-17,26H,3,7-11,13-14H2,1-2H3,(H,27,28)/t16-,17+,24?,25?. The summed E-state index contributed by atoms with van der Waals surface area (Å²) < 4.78 is 5.65. The highest BCUT2D eigenvalue weighted by Gasteiger charge is 2.61. The molecule has 4 aliphatic rings. The summed E-state index contributed by atoms with van der Waals surface area (Å²) in [5.74, 6) is 0.397. The van der Waals surface area contributed by atoms with Gasteiger partial charge in [-0.2, -0.15) is 0 Å². The normalized spacial score (nSPS) is 31.0. The lowest BCUT2D eigenvalue weighted by atomic mass is 9.47. The Hall–Kier alpha value is -2.63. The molecule has 6 nitrogen and oxygen atoms in total. The Kier molecular flexibility index (Phi) is 4.72. The molecule has 2 N–H and O–H groups in total. The minimum Gasteiger partial charge on any atom is -0.457 e. The molecule has 2 unspecified atom stereocenters.